The smallest absolute Gasteiger partial charge is 0.123 e. The Morgan fingerprint density at radius 1 is 0.750 bits per heavy atom. The van der Waals surface area contributed by atoms with E-state index in [0.29, 0.717) is 5.75 Å². The van der Waals surface area contributed by atoms with Crippen LogP contribution in [-0.4, -0.2) is 5.11 Å². The van der Waals surface area contributed by atoms with Crippen LogP contribution in [-0.2, 0) is 0 Å². The molecule has 3 aromatic carbocycles. The van der Waals surface area contributed by atoms with Crippen LogP contribution >= 0.6 is 15.9 Å². The molecule has 0 aliphatic heterocycles. The maximum Gasteiger partial charge on any atom is 0.123 e. The van der Waals surface area contributed by atoms with Gasteiger partial charge in [-0.05, 0) is 34.5 Å². The summed E-state index contributed by atoms with van der Waals surface area (Å²) in [5, 5.41) is 12.3. The zero-order valence-electron chi connectivity index (χ0n) is 10.8. The second kappa shape index (κ2) is 5.51. The van der Waals surface area contributed by atoms with Gasteiger partial charge in [0.25, 0.3) is 0 Å². The molecule has 0 radical (unpaired) electrons. The zero-order chi connectivity index (χ0) is 13.9. The summed E-state index contributed by atoms with van der Waals surface area (Å²) in [6, 6.07) is 19.8. The molecule has 20 heavy (non-hydrogen) atoms. The Balaban J connectivity index is 2.02. The maximum absolute atomic E-state index is 10.1. The van der Waals surface area contributed by atoms with Crippen LogP contribution in [0.1, 0.15) is 11.1 Å². The van der Waals surface area contributed by atoms with Gasteiger partial charge in [0, 0.05) is 10.0 Å². The third-order valence-electron chi connectivity index (χ3n) is 3.24. The van der Waals surface area contributed by atoms with Crippen molar-refractivity contribution in [3.8, 4) is 5.75 Å². The highest BCUT2D eigenvalue weighted by molar-refractivity contribution is 9.10. The van der Waals surface area contributed by atoms with Gasteiger partial charge in [-0.1, -0.05) is 70.5 Å². The lowest BCUT2D eigenvalue weighted by molar-refractivity contribution is 0.475. The summed E-state index contributed by atoms with van der Waals surface area (Å²) in [6.45, 7) is 0. The summed E-state index contributed by atoms with van der Waals surface area (Å²) in [5.41, 5.74) is 1.90. The van der Waals surface area contributed by atoms with E-state index in [9.17, 15) is 5.11 Å². The minimum atomic E-state index is 0.298. The fourth-order valence-corrected chi connectivity index (χ4v) is 2.59. The molecule has 0 bridgehead atoms. The van der Waals surface area contributed by atoms with Crippen molar-refractivity contribution in [3.63, 3.8) is 0 Å². The minimum Gasteiger partial charge on any atom is -0.507 e. The van der Waals surface area contributed by atoms with Gasteiger partial charge in [0.15, 0.2) is 0 Å². The number of hydrogen-bond acceptors (Lipinski definition) is 1. The maximum atomic E-state index is 10.1. The van der Waals surface area contributed by atoms with Gasteiger partial charge in [0.1, 0.15) is 5.75 Å². The molecule has 0 aliphatic carbocycles. The van der Waals surface area contributed by atoms with Crippen LogP contribution in [0.3, 0.4) is 0 Å². The molecule has 3 rings (SSSR count). The van der Waals surface area contributed by atoms with E-state index in [0.717, 1.165) is 26.4 Å². The topological polar surface area (TPSA) is 20.2 Å². The average molecular weight is 325 g/mol. The van der Waals surface area contributed by atoms with Crippen molar-refractivity contribution in [2.75, 3.05) is 0 Å². The summed E-state index contributed by atoms with van der Waals surface area (Å²) in [4.78, 5) is 0. The van der Waals surface area contributed by atoms with Gasteiger partial charge in [-0.2, -0.15) is 0 Å². The van der Waals surface area contributed by atoms with Crippen LogP contribution < -0.4 is 0 Å². The molecule has 2 heteroatoms. The van der Waals surface area contributed by atoms with Gasteiger partial charge in [-0.3, -0.25) is 0 Å². The van der Waals surface area contributed by atoms with Crippen LogP contribution in [0.5, 0.6) is 5.75 Å². The number of hydrogen-bond donors (Lipinski definition) is 1. The molecule has 0 spiro atoms. The van der Waals surface area contributed by atoms with Crippen molar-refractivity contribution >= 4 is 38.9 Å². The van der Waals surface area contributed by atoms with Crippen LogP contribution in [0, 0.1) is 0 Å². The number of phenols is 1. The average Bonchev–Trinajstić information content (AvgIpc) is 2.46. The summed E-state index contributed by atoms with van der Waals surface area (Å²) in [7, 11) is 0. The second-order valence-electron chi connectivity index (χ2n) is 4.61. The largest absolute Gasteiger partial charge is 0.507 e. The molecule has 0 aliphatic rings. The van der Waals surface area contributed by atoms with Crippen LogP contribution in [0.4, 0.5) is 0 Å². The fourth-order valence-electron chi connectivity index (χ4n) is 2.17. The summed E-state index contributed by atoms with van der Waals surface area (Å²) in [5.74, 6) is 0.298. The van der Waals surface area contributed by atoms with Crippen LogP contribution in [0.15, 0.2) is 65.1 Å². The van der Waals surface area contributed by atoms with E-state index >= 15 is 0 Å². The van der Waals surface area contributed by atoms with E-state index < -0.39 is 0 Å². The normalized spacial score (nSPS) is 11.2. The molecule has 0 amide bonds. The first-order valence-corrected chi connectivity index (χ1v) is 7.18. The third kappa shape index (κ3) is 2.61. The van der Waals surface area contributed by atoms with Gasteiger partial charge in [0.2, 0.25) is 0 Å². The van der Waals surface area contributed by atoms with Crippen LogP contribution in [0.25, 0.3) is 22.9 Å². The van der Waals surface area contributed by atoms with E-state index in [1.54, 1.807) is 6.07 Å². The summed E-state index contributed by atoms with van der Waals surface area (Å²) < 4.78 is 1.04. The van der Waals surface area contributed by atoms with Crippen molar-refractivity contribution < 1.29 is 5.11 Å². The highest BCUT2D eigenvalue weighted by atomic mass is 79.9. The highest BCUT2D eigenvalue weighted by Gasteiger charge is 2.01. The predicted octanol–water partition coefficient (Wildman–Crippen LogP) is 5.48. The van der Waals surface area contributed by atoms with E-state index in [2.05, 4.69) is 15.9 Å². The van der Waals surface area contributed by atoms with Gasteiger partial charge in [0.05, 0.1) is 0 Å². The molecule has 98 valence electrons. The quantitative estimate of drug-likeness (QED) is 0.619. The molecule has 0 saturated heterocycles. The molecular weight excluding hydrogens is 312 g/mol. The third-order valence-corrected chi connectivity index (χ3v) is 3.96. The highest BCUT2D eigenvalue weighted by Crippen LogP contribution is 2.27. The Bertz CT molecular complexity index is 790. The Hall–Kier alpha value is -2.06. The molecule has 0 fully saturated rings. The number of rotatable bonds is 2. The monoisotopic (exact) mass is 324 g/mol. The van der Waals surface area contributed by atoms with Gasteiger partial charge < -0.3 is 5.11 Å². The van der Waals surface area contributed by atoms with E-state index in [4.69, 9.17) is 0 Å². The summed E-state index contributed by atoms with van der Waals surface area (Å²) in [6.07, 6.45) is 3.93. The molecular formula is C18H13BrO. The molecule has 0 saturated carbocycles. The number of halogens is 1. The van der Waals surface area contributed by atoms with E-state index in [1.165, 1.54) is 0 Å². The molecule has 0 atom stereocenters. The Morgan fingerprint density at radius 3 is 2.10 bits per heavy atom. The first-order chi connectivity index (χ1) is 9.74. The minimum absolute atomic E-state index is 0.298. The Kier molecular flexibility index (Phi) is 3.57. The Labute approximate surface area is 126 Å². The molecule has 3 aromatic rings. The molecule has 1 N–H and O–H groups in total. The SMILES string of the molecule is Oc1cc2ccccc2cc1/C=C\c1ccccc1Br. The van der Waals surface area contributed by atoms with Gasteiger partial charge >= 0.3 is 0 Å². The van der Waals surface area contributed by atoms with Gasteiger partial charge in [-0.25, -0.2) is 0 Å². The standard InChI is InChI=1S/C18H13BrO/c19-17-8-4-3-5-13(17)9-10-16-11-14-6-1-2-7-15(14)12-18(16)20/h1-12,20H/b10-9-. The Morgan fingerprint density at radius 2 is 1.35 bits per heavy atom. The van der Waals surface area contributed by atoms with E-state index in [1.807, 2.05) is 66.7 Å². The first-order valence-electron chi connectivity index (χ1n) is 6.38. The van der Waals surface area contributed by atoms with Crippen LogP contribution in [0.2, 0.25) is 0 Å². The van der Waals surface area contributed by atoms with Crippen molar-refractivity contribution in [1.82, 2.24) is 0 Å². The van der Waals surface area contributed by atoms with Crippen molar-refractivity contribution in [1.29, 1.82) is 0 Å². The fraction of sp³-hybridized carbons (Fsp3) is 0. The van der Waals surface area contributed by atoms with Crippen molar-refractivity contribution in [2.45, 2.75) is 0 Å². The lowest BCUT2D eigenvalue weighted by atomic mass is 10.0. The van der Waals surface area contributed by atoms with E-state index in [-0.39, 0.29) is 0 Å². The first kappa shape index (κ1) is 12.9. The molecule has 0 aromatic heterocycles. The zero-order valence-corrected chi connectivity index (χ0v) is 12.3. The number of phenolic OH excluding ortho intramolecular Hbond substituents is 1. The van der Waals surface area contributed by atoms with Crippen molar-refractivity contribution in [3.05, 3.63) is 76.3 Å². The molecule has 0 heterocycles. The number of aromatic hydroxyl groups is 1. The summed E-state index contributed by atoms with van der Waals surface area (Å²) >= 11 is 3.51. The molecule has 0 unspecified atom stereocenters. The predicted molar refractivity (Wildman–Crippen MR) is 88.7 cm³/mol. The van der Waals surface area contributed by atoms with Crippen molar-refractivity contribution in [2.24, 2.45) is 0 Å². The second-order valence-corrected chi connectivity index (χ2v) is 5.47. The number of fused-ring (bicyclic) bond motifs is 1. The number of benzene rings is 3. The molecule has 1 nitrogen and oxygen atoms in total. The van der Waals surface area contributed by atoms with Gasteiger partial charge in [-0.15, -0.1) is 0 Å². The lowest BCUT2D eigenvalue weighted by Gasteiger charge is -2.03. The lowest BCUT2D eigenvalue weighted by Crippen LogP contribution is -1.79.